The van der Waals surface area contributed by atoms with E-state index in [2.05, 4.69) is 5.32 Å². The first-order valence-corrected chi connectivity index (χ1v) is 8.48. The predicted octanol–water partition coefficient (Wildman–Crippen LogP) is 2.15. The van der Waals surface area contributed by atoms with Crippen LogP contribution in [-0.2, 0) is 4.79 Å². The van der Waals surface area contributed by atoms with Crippen LogP contribution in [0.5, 0.6) is 5.75 Å². The third kappa shape index (κ3) is 5.94. The molecule has 0 aliphatic heterocycles. The molecule has 146 valence electrons. The van der Waals surface area contributed by atoms with Gasteiger partial charge in [0.05, 0.1) is 23.2 Å². The Morgan fingerprint density at radius 1 is 1.18 bits per heavy atom. The molecule has 8 nitrogen and oxygen atoms in total. The monoisotopic (exact) mass is 383 g/mol. The van der Waals surface area contributed by atoms with Crippen LogP contribution in [0.1, 0.15) is 29.8 Å². The second-order valence-electron chi connectivity index (χ2n) is 6.38. The maximum absolute atomic E-state index is 12.3. The number of hydrogen-bond acceptors (Lipinski definition) is 6. The zero-order chi connectivity index (χ0) is 20.7. The molecule has 28 heavy (non-hydrogen) atoms. The topological polar surface area (TPSA) is 122 Å². The zero-order valence-electron chi connectivity index (χ0n) is 15.4. The van der Waals surface area contributed by atoms with Gasteiger partial charge in [-0.1, -0.05) is 26.0 Å². The average Bonchev–Trinajstić information content (AvgIpc) is 2.66. The number of amides is 1. The minimum Gasteiger partial charge on any atom is -0.543 e. The van der Waals surface area contributed by atoms with Gasteiger partial charge >= 0.3 is 0 Å². The highest BCUT2D eigenvalue weighted by molar-refractivity contribution is 6.02. The van der Waals surface area contributed by atoms with Crippen molar-refractivity contribution < 1.29 is 24.4 Å². The summed E-state index contributed by atoms with van der Waals surface area (Å²) in [5.74, 6) is -1.32. The fourth-order valence-corrected chi connectivity index (χ4v) is 2.20. The van der Waals surface area contributed by atoms with Crippen LogP contribution in [0.25, 0.3) is 6.08 Å². The predicted molar refractivity (Wildman–Crippen MR) is 100 cm³/mol. The molecule has 2 aromatic rings. The van der Waals surface area contributed by atoms with Gasteiger partial charge in [-0.15, -0.1) is 0 Å². The molecule has 0 fully saturated rings. The molecule has 0 atom stereocenters. The molecule has 2 aromatic carbocycles. The molecule has 0 aliphatic rings. The van der Waals surface area contributed by atoms with E-state index in [0.29, 0.717) is 18.3 Å². The van der Waals surface area contributed by atoms with Crippen molar-refractivity contribution in [2.75, 3.05) is 6.61 Å². The number of hydrogen-bond donors (Lipinski definition) is 1. The maximum Gasteiger partial charge on any atom is 0.270 e. The molecule has 0 bridgehead atoms. The van der Waals surface area contributed by atoms with Gasteiger partial charge < -0.3 is 20.0 Å². The number of carboxylic acids is 1. The molecular formula is C20H19N2O6-. The molecule has 0 saturated carbocycles. The van der Waals surface area contributed by atoms with Crippen LogP contribution in [0.15, 0.2) is 54.2 Å². The first kappa shape index (κ1) is 20.6. The summed E-state index contributed by atoms with van der Waals surface area (Å²) >= 11 is 0. The van der Waals surface area contributed by atoms with E-state index in [9.17, 15) is 24.8 Å². The van der Waals surface area contributed by atoms with Crippen molar-refractivity contribution in [3.05, 3.63) is 75.5 Å². The number of carboxylic acid groups (broad SMARTS) is 1. The van der Waals surface area contributed by atoms with Crippen LogP contribution >= 0.6 is 0 Å². The number of carbonyl (C=O) groups is 2. The van der Waals surface area contributed by atoms with Gasteiger partial charge in [0.2, 0.25) is 0 Å². The number of rotatable bonds is 8. The number of carbonyl (C=O) groups excluding carboxylic acids is 2. The summed E-state index contributed by atoms with van der Waals surface area (Å²) in [7, 11) is 0. The number of nitrogens with one attached hydrogen (secondary N) is 1. The second kappa shape index (κ2) is 9.31. The molecule has 0 aromatic heterocycles. The lowest BCUT2D eigenvalue weighted by atomic mass is 10.1. The van der Waals surface area contributed by atoms with E-state index >= 15 is 0 Å². The maximum atomic E-state index is 12.3. The first-order chi connectivity index (χ1) is 13.3. The van der Waals surface area contributed by atoms with Crippen LogP contribution in [-0.4, -0.2) is 23.4 Å². The largest absolute Gasteiger partial charge is 0.543 e. The van der Waals surface area contributed by atoms with E-state index in [-0.39, 0.29) is 16.8 Å². The normalized spacial score (nSPS) is 11.2. The van der Waals surface area contributed by atoms with Gasteiger partial charge in [-0.05, 0) is 41.8 Å². The van der Waals surface area contributed by atoms with Crippen molar-refractivity contribution in [1.82, 2.24) is 5.32 Å². The van der Waals surface area contributed by atoms with E-state index in [4.69, 9.17) is 4.74 Å². The fraction of sp³-hybridized carbons (Fsp3) is 0.200. The molecule has 0 heterocycles. The van der Waals surface area contributed by atoms with E-state index < -0.39 is 22.5 Å². The number of ether oxygens (including phenoxy) is 1. The molecule has 2 rings (SSSR count). The van der Waals surface area contributed by atoms with Gasteiger partial charge in [0.25, 0.3) is 11.6 Å². The molecule has 8 heteroatoms. The lowest BCUT2D eigenvalue weighted by Crippen LogP contribution is -2.35. The molecule has 0 radical (unpaired) electrons. The molecule has 0 aliphatic carbocycles. The smallest absolute Gasteiger partial charge is 0.270 e. The van der Waals surface area contributed by atoms with Crippen LogP contribution in [0.4, 0.5) is 5.69 Å². The molecule has 1 amide bonds. The highest BCUT2D eigenvalue weighted by Gasteiger charge is 2.11. The summed E-state index contributed by atoms with van der Waals surface area (Å²) in [6.07, 6.45) is 1.10. The van der Waals surface area contributed by atoms with Gasteiger partial charge in [-0.2, -0.15) is 0 Å². The van der Waals surface area contributed by atoms with Gasteiger partial charge in [0, 0.05) is 17.7 Å². The molecule has 0 unspecified atom stereocenters. The number of aliphatic carboxylic acids is 1. The third-order valence-corrected chi connectivity index (χ3v) is 3.56. The Kier molecular flexibility index (Phi) is 6.86. The summed E-state index contributed by atoms with van der Waals surface area (Å²) in [5, 5.41) is 24.4. The lowest BCUT2D eigenvalue weighted by Gasteiger charge is -2.12. The zero-order valence-corrected chi connectivity index (χ0v) is 15.4. The standard InChI is InChI=1S/C20H20N2O6/c1-13(2)12-28-17-8-6-15(7-9-17)19(23)21-18(20(24)25)11-14-4-3-5-16(10-14)22(26)27/h3-11,13H,12H2,1-2H3,(H,21,23)(H,24,25)/p-1/b18-11+. The van der Waals surface area contributed by atoms with E-state index in [1.807, 2.05) is 13.8 Å². The Balaban J connectivity index is 2.15. The molecular weight excluding hydrogens is 364 g/mol. The first-order valence-electron chi connectivity index (χ1n) is 8.48. The molecule has 1 N–H and O–H groups in total. The van der Waals surface area contributed by atoms with Crippen LogP contribution in [0, 0.1) is 16.0 Å². The van der Waals surface area contributed by atoms with Crippen LogP contribution < -0.4 is 15.2 Å². The summed E-state index contributed by atoms with van der Waals surface area (Å²) in [4.78, 5) is 33.9. The van der Waals surface area contributed by atoms with Crippen molar-refractivity contribution in [1.29, 1.82) is 0 Å². The highest BCUT2D eigenvalue weighted by atomic mass is 16.6. The fourth-order valence-electron chi connectivity index (χ4n) is 2.20. The summed E-state index contributed by atoms with van der Waals surface area (Å²) < 4.78 is 5.53. The van der Waals surface area contributed by atoms with Gasteiger partial charge in [0.1, 0.15) is 5.75 Å². The molecule has 0 spiro atoms. The molecule has 0 saturated heterocycles. The summed E-state index contributed by atoms with van der Waals surface area (Å²) in [6, 6.07) is 11.6. The second-order valence-corrected chi connectivity index (χ2v) is 6.38. The highest BCUT2D eigenvalue weighted by Crippen LogP contribution is 2.16. The quantitative estimate of drug-likeness (QED) is 0.423. The number of non-ortho nitro benzene ring substituents is 1. The average molecular weight is 383 g/mol. The third-order valence-electron chi connectivity index (χ3n) is 3.56. The Labute approximate surface area is 161 Å². The Morgan fingerprint density at radius 2 is 1.86 bits per heavy atom. The number of nitro benzene ring substituents is 1. The van der Waals surface area contributed by atoms with Gasteiger partial charge in [-0.3, -0.25) is 14.9 Å². The van der Waals surface area contributed by atoms with Crippen molar-refractivity contribution in [3.63, 3.8) is 0 Å². The Bertz CT molecular complexity index is 903. The van der Waals surface area contributed by atoms with Crippen molar-refractivity contribution >= 4 is 23.6 Å². The summed E-state index contributed by atoms with van der Waals surface area (Å²) in [6.45, 7) is 4.56. The van der Waals surface area contributed by atoms with E-state index in [1.54, 1.807) is 12.1 Å². The van der Waals surface area contributed by atoms with Crippen molar-refractivity contribution in [2.24, 2.45) is 5.92 Å². The minimum atomic E-state index is -1.61. The Morgan fingerprint density at radius 3 is 2.43 bits per heavy atom. The van der Waals surface area contributed by atoms with Gasteiger partial charge in [0.15, 0.2) is 0 Å². The van der Waals surface area contributed by atoms with Crippen LogP contribution in [0.3, 0.4) is 0 Å². The SMILES string of the molecule is CC(C)COc1ccc(C(=O)N/C(=C/c2cccc([N+](=O)[O-])c2)C(=O)[O-])cc1. The van der Waals surface area contributed by atoms with E-state index in [1.165, 1.54) is 36.4 Å². The van der Waals surface area contributed by atoms with Crippen LogP contribution in [0.2, 0.25) is 0 Å². The summed E-state index contributed by atoms with van der Waals surface area (Å²) in [5.41, 5.74) is -0.241. The number of nitro groups is 1. The van der Waals surface area contributed by atoms with Crippen molar-refractivity contribution in [2.45, 2.75) is 13.8 Å². The number of nitrogens with zero attached hydrogens (tertiary/aromatic N) is 1. The Hall–Kier alpha value is -3.68. The number of benzene rings is 2. The van der Waals surface area contributed by atoms with Gasteiger partial charge in [-0.25, -0.2) is 0 Å². The minimum absolute atomic E-state index is 0.199. The van der Waals surface area contributed by atoms with Crippen molar-refractivity contribution in [3.8, 4) is 5.75 Å². The van der Waals surface area contributed by atoms with E-state index in [0.717, 1.165) is 6.08 Å². The lowest BCUT2D eigenvalue weighted by molar-refractivity contribution is -0.384.